The Morgan fingerprint density at radius 3 is 2.58 bits per heavy atom. The van der Waals surface area contributed by atoms with Gasteiger partial charge < -0.3 is 15.2 Å². The van der Waals surface area contributed by atoms with E-state index >= 15 is 0 Å². The second-order valence-electron chi connectivity index (χ2n) is 4.50. The van der Waals surface area contributed by atoms with E-state index in [2.05, 4.69) is 4.98 Å². The number of ether oxygens (including phenoxy) is 2. The summed E-state index contributed by atoms with van der Waals surface area (Å²) in [4.78, 5) is 4.19. The monoisotopic (exact) mass is 258 g/mol. The fourth-order valence-electron chi connectivity index (χ4n) is 1.59. The SMILES string of the molecule is CC(C)Oc1cccnc1OCc1ccc(N)cc1. The number of pyridine rings is 1. The van der Waals surface area contributed by atoms with E-state index in [0.717, 1.165) is 11.3 Å². The van der Waals surface area contributed by atoms with Crippen molar-refractivity contribution in [3.63, 3.8) is 0 Å². The molecule has 0 saturated carbocycles. The van der Waals surface area contributed by atoms with Gasteiger partial charge in [0.2, 0.25) is 0 Å². The summed E-state index contributed by atoms with van der Waals surface area (Å²) in [6.07, 6.45) is 1.77. The van der Waals surface area contributed by atoms with Gasteiger partial charge in [0.1, 0.15) is 6.61 Å². The summed E-state index contributed by atoms with van der Waals surface area (Å²) in [7, 11) is 0. The zero-order valence-corrected chi connectivity index (χ0v) is 11.2. The molecule has 0 amide bonds. The van der Waals surface area contributed by atoms with Crippen molar-refractivity contribution in [2.75, 3.05) is 5.73 Å². The molecule has 0 aliphatic rings. The molecule has 1 heterocycles. The van der Waals surface area contributed by atoms with Crippen LogP contribution in [0.3, 0.4) is 0 Å². The van der Waals surface area contributed by atoms with Gasteiger partial charge in [-0.25, -0.2) is 4.98 Å². The van der Waals surface area contributed by atoms with E-state index in [-0.39, 0.29) is 6.10 Å². The third-order valence-corrected chi connectivity index (χ3v) is 2.45. The average Bonchev–Trinajstić information content (AvgIpc) is 2.39. The lowest BCUT2D eigenvalue weighted by Crippen LogP contribution is -2.08. The summed E-state index contributed by atoms with van der Waals surface area (Å²) < 4.78 is 11.3. The molecule has 1 aromatic carbocycles. The van der Waals surface area contributed by atoms with Crippen molar-refractivity contribution in [2.24, 2.45) is 0 Å². The fourth-order valence-corrected chi connectivity index (χ4v) is 1.59. The molecule has 2 N–H and O–H groups in total. The van der Waals surface area contributed by atoms with Gasteiger partial charge in [-0.05, 0) is 43.7 Å². The molecule has 0 unspecified atom stereocenters. The van der Waals surface area contributed by atoms with E-state index in [1.165, 1.54) is 0 Å². The molecule has 2 aromatic rings. The van der Waals surface area contributed by atoms with Gasteiger partial charge in [0.05, 0.1) is 6.10 Å². The molecule has 0 atom stereocenters. The van der Waals surface area contributed by atoms with Crippen molar-refractivity contribution in [3.05, 3.63) is 48.2 Å². The van der Waals surface area contributed by atoms with Crippen LogP contribution in [0.15, 0.2) is 42.6 Å². The number of benzene rings is 1. The molecule has 19 heavy (non-hydrogen) atoms. The quantitative estimate of drug-likeness (QED) is 0.837. The van der Waals surface area contributed by atoms with E-state index in [4.69, 9.17) is 15.2 Å². The lowest BCUT2D eigenvalue weighted by atomic mass is 10.2. The third kappa shape index (κ3) is 3.88. The number of hydrogen-bond acceptors (Lipinski definition) is 4. The largest absolute Gasteiger partial charge is 0.485 e. The Hall–Kier alpha value is -2.23. The van der Waals surface area contributed by atoms with Crippen molar-refractivity contribution in [1.29, 1.82) is 0 Å². The minimum Gasteiger partial charge on any atom is -0.485 e. The predicted octanol–water partition coefficient (Wildman–Crippen LogP) is 3.03. The number of rotatable bonds is 5. The Balaban J connectivity index is 2.04. The maximum atomic E-state index is 5.69. The number of anilines is 1. The number of nitrogen functional groups attached to an aromatic ring is 1. The van der Waals surface area contributed by atoms with Crippen LogP contribution < -0.4 is 15.2 Å². The summed E-state index contributed by atoms with van der Waals surface area (Å²) in [5.74, 6) is 1.17. The van der Waals surface area contributed by atoms with Crippen LogP contribution >= 0.6 is 0 Å². The van der Waals surface area contributed by atoms with Gasteiger partial charge >= 0.3 is 0 Å². The number of hydrogen-bond donors (Lipinski definition) is 1. The van der Waals surface area contributed by atoms with Crippen LogP contribution in [0.4, 0.5) is 5.69 Å². The molecule has 0 aliphatic carbocycles. The normalized spacial score (nSPS) is 10.5. The minimum atomic E-state index is 0.0862. The highest BCUT2D eigenvalue weighted by molar-refractivity contribution is 5.39. The topological polar surface area (TPSA) is 57.4 Å². The number of nitrogens with two attached hydrogens (primary N) is 1. The van der Waals surface area contributed by atoms with Crippen molar-refractivity contribution >= 4 is 5.69 Å². The van der Waals surface area contributed by atoms with Crippen LogP contribution in [-0.2, 0) is 6.61 Å². The Kier molecular flexibility index (Phi) is 4.23. The first-order valence-corrected chi connectivity index (χ1v) is 6.24. The summed E-state index contributed by atoms with van der Waals surface area (Å²) in [6.45, 7) is 4.37. The molecular formula is C15H18N2O2. The van der Waals surface area contributed by atoms with Crippen molar-refractivity contribution in [3.8, 4) is 11.6 Å². The van der Waals surface area contributed by atoms with Crippen LogP contribution in [0.5, 0.6) is 11.6 Å². The number of nitrogens with zero attached hydrogens (tertiary/aromatic N) is 1. The third-order valence-electron chi connectivity index (χ3n) is 2.45. The lowest BCUT2D eigenvalue weighted by molar-refractivity contribution is 0.213. The first-order chi connectivity index (χ1) is 9.15. The summed E-state index contributed by atoms with van der Waals surface area (Å²) in [6, 6.07) is 11.2. The maximum Gasteiger partial charge on any atom is 0.257 e. The van der Waals surface area contributed by atoms with E-state index in [9.17, 15) is 0 Å². The molecular weight excluding hydrogens is 240 g/mol. The molecule has 0 radical (unpaired) electrons. The van der Waals surface area contributed by atoms with Crippen molar-refractivity contribution in [1.82, 2.24) is 4.98 Å². The first kappa shape index (κ1) is 13.2. The maximum absolute atomic E-state index is 5.69. The molecule has 2 rings (SSSR count). The van der Waals surface area contributed by atoms with Crippen molar-refractivity contribution < 1.29 is 9.47 Å². The van der Waals surface area contributed by atoms with Crippen LogP contribution in [0, 0.1) is 0 Å². The second kappa shape index (κ2) is 6.09. The predicted molar refractivity (Wildman–Crippen MR) is 75.2 cm³/mol. The summed E-state index contributed by atoms with van der Waals surface area (Å²) in [5, 5.41) is 0. The second-order valence-corrected chi connectivity index (χ2v) is 4.50. The molecule has 4 nitrogen and oxygen atoms in total. The van der Waals surface area contributed by atoms with E-state index in [1.807, 2.05) is 50.2 Å². The Morgan fingerprint density at radius 2 is 1.89 bits per heavy atom. The van der Waals surface area contributed by atoms with E-state index in [1.54, 1.807) is 6.20 Å². The molecule has 0 fully saturated rings. The fraction of sp³-hybridized carbons (Fsp3) is 0.267. The van der Waals surface area contributed by atoms with Gasteiger partial charge in [0, 0.05) is 11.9 Å². The van der Waals surface area contributed by atoms with Gasteiger partial charge in [-0.3, -0.25) is 0 Å². The molecule has 0 aliphatic heterocycles. The first-order valence-electron chi connectivity index (χ1n) is 6.24. The summed E-state index contributed by atoms with van der Waals surface area (Å²) in [5.41, 5.74) is 7.42. The molecule has 0 saturated heterocycles. The standard InChI is InChI=1S/C15H18N2O2/c1-11(2)19-14-4-3-9-17-15(14)18-10-12-5-7-13(16)8-6-12/h3-9,11H,10,16H2,1-2H3. The Bertz CT molecular complexity index is 524. The molecule has 0 bridgehead atoms. The summed E-state index contributed by atoms with van der Waals surface area (Å²) >= 11 is 0. The van der Waals surface area contributed by atoms with Gasteiger partial charge in [0.25, 0.3) is 5.88 Å². The molecule has 0 spiro atoms. The van der Waals surface area contributed by atoms with Gasteiger partial charge in [-0.15, -0.1) is 0 Å². The van der Waals surface area contributed by atoms with Crippen LogP contribution in [0.2, 0.25) is 0 Å². The van der Waals surface area contributed by atoms with Gasteiger partial charge in [-0.2, -0.15) is 0 Å². The van der Waals surface area contributed by atoms with E-state index < -0.39 is 0 Å². The van der Waals surface area contributed by atoms with Crippen molar-refractivity contribution in [2.45, 2.75) is 26.6 Å². The lowest BCUT2D eigenvalue weighted by Gasteiger charge is -2.13. The average molecular weight is 258 g/mol. The van der Waals surface area contributed by atoms with Crippen LogP contribution in [0.25, 0.3) is 0 Å². The molecule has 100 valence electrons. The number of aromatic nitrogens is 1. The Labute approximate surface area is 113 Å². The molecule has 1 aromatic heterocycles. The van der Waals surface area contributed by atoms with E-state index in [0.29, 0.717) is 18.2 Å². The minimum absolute atomic E-state index is 0.0862. The Morgan fingerprint density at radius 1 is 1.16 bits per heavy atom. The van der Waals surface area contributed by atoms with Gasteiger partial charge in [0.15, 0.2) is 5.75 Å². The zero-order chi connectivity index (χ0) is 13.7. The van der Waals surface area contributed by atoms with Crippen LogP contribution in [0.1, 0.15) is 19.4 Å². The van der Waals surface area contributed by atoms with Crippen LogP contribution in [-0.4, -0.2) is 11.1 Å². The molecule has 4 heteroatoms. The highest BCUT2D eigenvalue weighted by Gasteiger charge is 2.07. The highest BCUT2D eigenvalue weighted by Crippen LogP contribution is 2.25. The highest BCUT2D eigenvalue weighted by atomic mass is 16.5. The zero-order valence-electron chi connectivity index (χ0n) is 11.2. The smallest absolute Gasteiger partial charge is 0.257 e. The van der Waals surface area contributed by atoms with Gasteiger partial charge in [-0.1, -0.05) is 12.1 Å².